The number of carbonyl (C=O) groups is 2. The summed E-state index contributed by atoms with van der Waals surface area (Å²) in [6, 6.07) is 8.66. The van der Waals surface area contributed by atoms with Gasteiger partial charge in [0, 0.05) is 24.9 Å². The van der Waals surface area contributed by atoms with Crippen LogP contribution in [0, 0.1) is 5.92 Å². The van der Waals surface area contributed by atoms with E-state index in [9.17, 15) is 9.59 Å². The summed E-state index contributed by atoms with van der Waals surface area (Å²) in [4.78, 5) is 31.5. The van der Waals surface area contributed by atoms with Crippen LogP contribution in [-0.2, 0) is 16.0 Å². The van der Waals surface area contributed by atoms with E-state index < -0.39 is 5.97 Å². The van der Waals surface area contributed by atoms with Crippen molar-refractivity contribution >= 4 is 11.9 Å². The van der Waals surface area contributed by atoms with Crippen LogP contribution in [0.4, 0.5) is 0 Å². The normalized spacial score (nSPS) is 21.9. The van der Waals surface area contributed by atoms with E-state index in [1.165, 1.54) is 11.1 Å². The minimum Gasteiger partial charge on any atom is -0.460 e. The molecule has 0 spiro atoms. The van der Waals surface area contributed by atoms with E-state index in [1.807, 2.05) is 4.90 Å². The molecule has 166 valence electrons. The smallest absolute Gasteiger partial charge is 0.379 e. The third-order valence-electron chi connectivity index (χ3n) is 6.58. The van der Waals surface area contributed by atoms with Crippen LogP contribution in [0.15, 0.2) is 28.8 Å². The van der Waals surface area contributed by atoms with Crippen LogP contribution < -0.4 is 0 Å². The van der Waals surface area contributed by atoms with Gasteiger partial charge in [0.2, 0.25) is 11.8 Å². The summed E-state index contributed by atoms with van der Waals surface area (Å²) < 4.78 is 10.4. The maximum Gasteiger partial charge on any atom is 0.379 e. The van der Waals surface area contributed by atoms with Crippen LogP contribution in [0.2, 0.25) is 0 Å². The van der Waals surface area contributed by atoms with E-state index in [-0.39, 0.29) is 36.1 Å². The van der Waals surface area contributed by atoms with Gasteiger partial charge in [-0.3, -0.25) is 4.79 Å². The molecular weight excluding hydrogens is 394 g/mol. The second-order valence-corrected chi connectivity index (χ2v) is 8.63. The first-order valence-corrected chi connectivity index (χ1v) is 11.5. The maximum atomic E-state index is 13.2. The van der Waals surface area contributed by atoms with Crippen LogP contribution in [0.3, 0.4) is 0 Å². The molecular formula is C24H31N3O4. The molecule has 7 heteroatoms. The minimum absolute atomic E-state index is 0.0556. The number of amides is 1. The largest absolute Gasteiger partial charge is 0.460 e. The van der Waals surface area contributed by atoms with Crippen LogP contribution in [0.25, 0.3) is 0 Å². The topological polar surface area (TPSA) is 85.5 Å². The number of esters is 1. The molecule has 1 aliphatic heterocycles. The molecule has 0 bridgehead atoms. The molecule has 1 saturated carbocycles. The monoisotopic (exact) mass is 425 g/mol. The Morgan fingerprint density at radius 3 is 2.48 bits per heavy atom. The van der Waals surface area contributed by atoms with Crippen LogP contribution >= 0.6 is 0 Å². The lowest BCUT2D eigenvalue weighted by Crippen LogP contribution is -2.44. The molecule has 2 atom stereocenters. The SMILES string of the molecule is CCOC(=O)c1noc(C2CC(c3ccc(CC)cc3)CN(C(=O)C3CCCC3)C2)n1. The fraction of sp³-hybridized carbons (Fsp3) is 0.583. The summed E-state index contributed by atoms with van der Waals surface area (Å²) in [5, 5.41) is 3.81. The van der Waals surface area contributed by atoms with Crippen molar-refractivity contribution in [3.63, 3.8) is 0 Å². The van der Waals surface area contributed by atoms with E-state index in [4.69, 9.17) is 9.26 Å². The fourth-order valence-electron chi connectivity index (χ4n) is 4.84. The Balaban J connectivity index is 1.57. The molecule has 0 radical (unpaired) electrons. The molecule has 2 heterocycles. The fourth-order valence-corrected chi connectivity index (χ4v) is 4.84. The Labute approximate surface area is 183 Å². The zero-order valence-electron chi connectivity index (χ0n) is 18.4. The Hall–Kier alpha value is -2.70. The van der Waals surface area contributed by atoms with Crippen molar-refractivity contribution in [2.75, 3.05) is 19.7 Å². The Morgan fingerprint density at radius 1 is 1.10 bits per heavy atom. The summed E-state index contributed by atoms with van der Waals surface area (Å²) in [6.07, 6.45) is 6.00. The second kappa shape index (κ2) is 9.62. The van der Waals surface area contributed by atoms with E-state index >= 15 is 0 Å². The Kier molecular flexibility index (Phi) is 6.68. The van der Waals surface area contributed by atoms with E-state index in [0.717, 1.165) is 38.5 Å². The standard InChI is InChI=1S/C24H31N3O4/c1-3-16-9-11-17(12-10-16)19-13-20(22-25-21(26-31-22)24(29)30-4-2)15-27(14-19)23(28)18-7-5-6-8-18/h9-12,18-20H,3-8,13-15H2,1-2H3. The minimum atomic E-state index is -0.584. The summed E-state index contributed by atoms with van der Waals surface area (Å²) in [6.45, 7) is 5.39. The van der Waals surface area contributed by atoms with Crippen molar-refractivity contribution < 1.29 is 18.8 Å². The molecule has 2 unspecified atom stereocenters. The molecule has 1 aromatic heterocycles. The number of piperidine rings is 1. The number of aryl methyl sites for hydroxylation is 1. The Bertz CT molecular complexity index is 902. The first-order valence-electron chi connectivity index (χ1n) is 11.5. The van der Waals surface area contributed by atoms with Crippen molar-refractivity contribution in [1.82, 2.24) is 15.0 Å². The molecule has 2 aliphatic rings. The van der Waals surface area contributed by atoms with Gasteiger partial charge in [-0.1, -0.05) is 44.0 Å². The summed E-state index contributed by atoms with van der Waals surface area (Å²) in [5.74, 6) is 0.210. The van der Waals surface area contributed by atoms with Gasteiger partial charge in [0.05, 0.1) is 12.5 Å². The predicted molar refractivity (Wildman–Crippen MR) is 115 cm³/mol. The number of ether oxygens (including phenoxy) is 1. The predicted octanol–water partition coefficient (Wildman–Crippen LogP) is 4.10. The van der Waals surface area contributed by atoms with Crippen molar-refractivity contribution in [1.29, 1.82) is 0 Å². The second-order valence-electron chi connectivity index (χ2n) is 8.63. The van der Waals surface area contributed by atoms with Gasteiger partial charge in [-0.2, -0.15) is 4.98 Å². The molecule has 0 N–H and O–H groups in total. The molecule has 1 aromatic carbocycles. The number of hydrogen-bond acceptors (Lipinski definition) is 6. The number of aromatic nitrogens is 2. The highest BCUT2D eigenvalue weighted by molar-refractivity contribution is 5.84. The van der Waals surface area contributed by atoms with E-state index in [2.05, 4.69) is 41.3 Å². The van der Waals surface area contributed by atoms with Crippen LogP contribution in [0.5, 0.6) is 0 Å². The third-order valence-corrected chi connectivity index (χ3v) is 6.58. The van der Waals surface area contributed by atoms with Gasteiger partial charge in [-0.25, -0.2) is 4.79 Å². The molecule has 1 amide bonds. The lowest BCUT2D eigenvalue weighted by Gasteiger charge is -2.38. The van der Waals surface area contributed by atoms with Gasteiger partial charge in [-0.05, 0) is 48.9 Å². The van der Waals surface area contributed by atoms with Crippen molar-refractivity contribution in [3.05, 3.63) is 47.1 Å². The number of hydrogen-bond donors (Lipinski definition) is 0. The van der Waals surface area contributed by atoms with Crippen molar-refractivity contribution in [2.24, 2.45) is 5.92 Å². The molecule has 2 fully saturated rings. The molecule has 1 aliphatic carbocycles. The lowest BCUT2D eigenvalue weighted by atomic mass is 9.83. The van der Waals surface area contributed by atoms with Gasteiger partial charge >= 0.3 is 5.97 Å². The van der Waals surface area contributed by atoms with Crippen LogP contribution in [0.1, 0.15) is 85.4 Å². The quantitative estimate of drug-likeness (QED) is 0.648. The zero-order valence-corrected chi connectivity index (χ0v) is 18.4. The molecule has 4 rings (SSSR count). The maximum absolute atomic E-state index is 13.2. The lowest BCUT2D eigenvalue weighted by molar-refractivity contribution is -0.137. The van der Waals surface area contributed by atoms with Crippen LogP contribution in [-0.4, -0.2) is 46.6 Å². The highest BCUT2D eigenvalue weighted by atomic mass is 16.5. The van der Waals surface area contributed by atoms with Crippen molar-refractivity contribution in [2.45, 2.75) is 64.2 Å². The zero-order chi connectivity index (χ0) is 21.8. The first-order chi connectivity index (χ1) is 15.1. The van der Waals surface area contributed by atoms with Gasteiger partial charge in [0.15, 0.2) is 0 Å². The van der Waals surface area contributed by atoms with Gasteiger partial charge in [-0.15, -0.1) is 0 Å². The summed E-state index contributed by atoms with van der Waals surface area (Å²) in [7, 11) is 0. The average Bonchev–Trinajstić information content (AvgIpc) is 3.51. The Morgan fingerprint density at radius 2 is 1.81 bits per heavy atom. The number of nitrogens with zero attached hydrogens (tertiary/aromatic N) is 3. The summed E-state index contributed by atoms with van der Waals surface area (Å²) in [5.41, 5.74) is 2.52. The highest BCUT2D eigenvalue weighted by Gasteiger charge is 2.37. The number of benzene rings is 1. The number of carbonyl (C=O) groups excluding carboxylic acids is 2. The summed E-state index contributed by atoms with van der Waals surface area (Å²) >= 11 is 0. The third kappa shape index (κ3) is 4.81. The van der Waals surface area contributed by atoms with E-state index in [0.29, 0.717) is 19.0 Å². The molecule has 1 saturated heterocycles. The van der Waals surface area contributed by atoms with Gasteiger partial charge in [0.25, 0.3) is 5.82 Å². The van der Waals surface area contributed by atoms with Gasteiger partial charge < -0.3 is 14.2 Å². The van der Waals surface area contributed by atoms with Gasteiger partial charge in [0.1, 0.15) is 0 Å². The van der Waals surface area contributed by atoms with E-state index in [1.54, 1.807) is 6.92 Å². The first kappa shape index (κ1) is 21.5. The number of likely N-dealkylation sites (tertiary alicyclic amines) is 1. The molecule has 7 nitrogen and oxygen atoms in total. The van der Waals surface area contributed by atoms with Crippen molar-refractivity contribution in [3.8, 4) is 0 Å². The highest BCUT2D eigenvalue weighted by Crippen LogP contribution is 2.37. The number of rotatable bonds is 6. The molecule has 2 aromatic rings. The molecule has 31 heavy (non-hydrogen) atoms. The average molecular weight is 426 g/mol.